The Morgan fingerprint density at radius 1 is 1.50 bits per heavy atom. The highest BCUT2D eigenvalue weighted by Crippen LogP contribution is 2.26. The summed E-state index contributed by atoms with van der Waals surface area (Å²) in [6, 6.07) is 1.87. The highest BCUT2D eigenvalue weighted by atomic mass is 32.2. The number of rotatable bonds is 7. The molecular formula is C14H24N4OS. The zero-order chi connectivity index (χ0) is 14.4. The van der Waals surface area contributed by atoms with Gasteiger partial charge >= 0.3 is 0 Å². The zero-order valence-electron chi connectivity index (χ0n) is 12.3. The maximum atomic E-state index is 5.91. The van der Waals surface area contributed by atoms with Crippen LogP contribution in [0.5, 0.6) is 0 Å². The molecule has 2 heterocycles. The minimum absolute atomic E-state index is 0.559. The van der Waals surface area contributed by atoms with Gasteiger partial charge in [-0.3, -0.25) is 0 Å². The van der Waals surface area contributed by atoms with E-state index in [1.807, 2.05) is 6.07 Å². The van der Waals surface area contributed by atoms with E-state index in [-0.39, 0.29) is 0 Å². The zero-order valence-corrected chi connectivity index (χ0v) is 13.2. The first-order valence-electron chi connectivity index (χ1n) is 7.24. The molecule has 0 unspecified atom stereocenters. The molecule has 112 valence electrons. The SMILES string of the molecule is CCCCSc1nc(N)cc(N2CC[C@H](COC)C2)n1. The first-order chi connectivity index (χ1) is 9.72. The molecule has 1 aliphatic rings. The Hall–Kier alpha value is -1.01. The molecule has 0 aromatic carbocycles. The van der Waals surface area contributed by atoms with Crippen LogP contribution >= 0.6 is 11.8 Å². The van der Waals surface area contributed by atoms with Gasteiger partial charge in [-0.05, 0) is 12.8 Å². The van der Waals surface area contributed by atoms with E-state index in [4.69, 9.17) is 10.5 Å². The molecule has 2 rings (SSSR count). The minimum Gasteiger partial charge on any atom is -0.384 e. The van der Waals surface area contributed by atoms with Crippen LogP contribution in [0.2, 0.25) is 0 Å². The molecule has 1 fully saturated rings. The predicted octanol–water partition coefficient (Wildman–Crippen LogP) is 2.42. The molecule has 1 saturated heterocycles. The van der Waals surface area contributed by atoms with Gasteiger partial charge in [0.25, 0.3) is 0 Å². The summed E-state index contributed by atoms with van der Waals surface area (Å²) in [7, 11) is 1.76. The van der Waals surface area contributed by atoms with Crippen LogP contribution in [0.1, 0.15) is 26.2 Å². The smallest absolute Gasteiger partial charge is 0.191 e. The number of nitrogens with zero attached hydrogens (tertiary/aromatic N) is 3. The molecule has 0 amide bonds. The van der Waals surface area contributed by atoms with Gasteiger partial charge in [-0.2, -0.15) is 0 Å². The lowest BCUT2D eigenvalue weighted by molar-refractivity contribution is 0.161. The highest BCUT2D eigenvalue weighted by molar-refractivity contribution is 7.99. The molecule has 0 bridgehead atoms. The molecule has 1 aliphatic heterocycles. The van der Waals surface area contributed by atoms with Gasteiger partial charge in [0, 0.05) is 37.9 Å². The Kier molecular flexibility index (Phi) is 5.91. The lowest BCUT2D eigenvalue weighted by Gasteiger charge is -2.18. The number of ether oxygens (including phenoxy) is 1. The van der Waals surface area contributed by atoms with Crippen molar-refractivity contribution >= 4 is 23.4 Å². The summed E-state index contributed by atoms with van der Waals surface area (Å²) in [4.78, 5) is 11.2. The fourth-order valence-corrected chi connectivity index (χ4v) is 3.32. The molecule has 1 aromatic heterocycles. The normalized spacial score (nSPS) is 18.7. The first-order valence-corrected chi connectivity index (χ1v) is 8.22. The Bertz CT molecular complexity index is 430. The van der Waals surface area contributed by atoms with E-state index in [1.54, 1.807) is 18.9 Å². The minimum atomic E-state index is 0.559. The molecule has 0 aliphatic carbocycles. The summed E-state index contributed by atoms with van der Waals surface area (Å²) >= 11 is 1.69. The molecule has 20 heavy (non-hydrogen) atoms. The van der Waals surface area contributed by atoms with Gasteiger partial charge in [0.15, 0.2) is 5.16 Å². The number of nitrogens with two attached hydrogens (primary N) is 1. The standard InChI is InChI=1S/C14H24N4OS/c1-3-4-7-20-14-16-12(15)8-13(17-14)18-6-5-11(9-18)10-19-2/h8,11H,3-7,9-10H2,1-2H3,(H2,15,16,17)/t11-/m0/s1. The number of unbranched alkanes of at least 4 members (excludes halogenated alkanes) is 1. The third-order valence-corrected chi connectivity index (χ3v) is 4.39. The van der Waals surface area contributed by atoms with Crippen LogP contribution in [-0.4, -0.2) is 42.5 Å². The number of thioether (sulfide) groups is 1. The average molecular weight is 296 g/mol. The van der Waals surface area contributed by atoms with Gasteiger partial charge in [0.2, 0.25) is 0 Å². The highest BCUT2D eigenvalue weighted by Gasteiger charge is 2.24. The topological polar surface area (TPSA) is 64.3 Å². The number of methoxy groups -OCH3 is 1. The van der Waals surface area contributed by atoms with Crippen LogP contribution in [0.4, 0.5) is 11.6 Å². The molecule has 2 N–H and O–H groups in total. The molecule has 1 aromatic rings. The summed E-state index contributed by atoms with van der Waals surface area (Å²) in [5, 5.41) is 0.795. The monoisotopic (exact) mass is 296 g/mol. The second-order valence-electron chi connectivity index (χ2n) is 5.19. The third kappa shape index (κ3) is 4.24. The number of anilines is 2. The van der Waals surface area contributed by atoms with Gasteiger partial charge in [-0.25, -0.2) is 9.97 Å². The van der Waals surface area contributed by atoms with Gasteiger partial charge in [0.05, 0.1) is 6.61 Å². The van der Waals surface area contributed by atoms with Crippen LogP contribution in [0.3, 0.4) is 0 Å². The van der Waals surface area contributed by atoms with Gasteiger partial charge < -0.3 is 15.4 Å². The Labute approximate surface area is 125 Å². The van der Waals surface area contributed by atoms with Crippen molar-refractivity contribution in [1.82, 2.24) is 9.97 Å². The van der Waals surface area contributed by atoms with E-state index in [1.165, 1.54) is 12.8 Å². The fourth-order valence-electron chi connectivity index (χ4n) is 2.38. The number of hydrogen-bond acceptors (Lipinski definition) is 6. The summed E-state index contributed by atoms with van der Waals surface area (Å²) < 4.78 is 5.23. The van der Waals surface area contributed by atoms with Crippen LogP contribution in [0, 0.1) is 5.92 Å². The van der Waals surface area contributed by atoms with E-state index >= 15 is 0 Å². The molecular weight excluding hydrogens is 272 g/mol. The third-order valence-electron chi connectivity index (χ3n) is 3.45. The summed E-state index contributed by atoms with van der Waals surface area (Å²) in [6.07, 6.45) is 3.51. The van der Waals surface area contributed by atoms with E-state index in [2.05, 4.69) is 21.8 Å². The Morgan fingerprint density at radius 2 is 2.35 bits per heavy atom. The summed E-state index contributed by atoms with van der Waals surface area (Å²) in [5.74, 6) is 3.15. The fraction of sp³-hybridized carbons (Fsp3) is 0.714. The lowest BCUT2D eigenvalue weighted by atomic mass is 10.1. The van der Waals surface area contributed by atoms with E-state index in [9.17, 15) is 0 Å². The summed E-state index contributed by atoms with van der Waals surface area (Å²) in [5.41, 5.74) is 5.91. The van der Waals surface area contributed by atoms with Crippen molar-refractivity contribution in [3.05, 3.63) is 6.07 Å². The van der Waals surface area contributed by atoms with Crippen molar-refractivity contribution in [2.75, 3.05) is 43.2 Å². The second-order valence-corrected chi connectivity index (χ2v) is 6.25. The number of aromatic nitrogens is 2. The molecule has 1 atom stereocenters. The van der Waals surface area contributed by atoms with E-state index in [0.29, 0.717) is 11.7 Å². The van der Waals surface area contributed by atoms with Gasteiger partial charge in [-0.1, -0.05) is 25.1 Å². The lowest BCUT2D eigenvalue weighted by Crippen LogP contribution is -2.22. The van der Waals surface area contributed by atoms with Crippen molar-refractivity contribution in [3.63, 3.8) is 0 Å². The molecule has 6 heteroatoms. The summed E-state index contributed by atoms with van der Waals surface area (Å²) in [6.45, 7) is 5.01. The van der Waals surface area contributed by atoms with E-state index < -0.39 is 0 Å². The van der Waals surface area contributed by atoms with Crippen LogP contribution < -0.4 is 10.6 Å². The number of nitrogen functional groups attached to an aromatic ring is 1. The first kappa shape index (κ1) is 15.4. The Balaban J connectivity index is 2.00. The Morgan fingerprint density at radius 3 is 3.10 bits per heavy atom. The van der Waals surface area contributed by atoms with E-state index in [0.717, 1.165) is 42.8 Å². The predicted molar refractivity (Wildman–Crippen MR) is 84.3 cm³/mol. The quantitative estimate of drug-likeness (QED) is 0.473. The van der Waals surface area contributed by atoms with Crippen molar-refractivity contribution < 1.29 is 4.74 Å². The van der Waals surface area contributed by atoms with Crippen molar-refractivity contribution in [1.29, 1.82) is 0 Å². The van der Waals surface area contributed by atoms with Crippen molar-refractivity contribution in [2.24, 2.45) is 5.92 Å². The van der Waals surface area contributed by atoms with Crippen molar-refractivity contribution in [3.8, 4) is 0 Å². The second kappa shape index (κ2) is 7.69. The molecule has 5 nitrogen and oxygen atoms in total. The van der Waals surface area contributed by atoms with Gasteiger partial charge in [0.1, 0.15) is 11.6 Å². The molecule has 0 saturated carbocycles. The van der Waals surface area contributed by atoms with Crippen LogP contribution in [0.15, 0.2) is 11.2 Å². The largest absolute Gasteiger partial charge is 0.384 e. The average Bonchev–Trinajstić information content (AvgIpc) is 2.88. The van der Waals surface area contributed by atoms with Crippen LogP contribution in [0.25, 0.3) is 0 Å². The maximum absolute atomic E-state index is 5.91. The number of hydrogen-bond donors (Lipinski definition) is 1. The van der Waals surface area contributed by atoms with Gasteiger partial charge in [-0.15, -0.1) is 0 Å². The maximum Gasteiger partial charge on any atom is 0.191 e. The van der Waals surface area contributed by atoms with Crippen LogP contribution in [-0.2, 0) is 4.74 Å². The molecule has 0 radical (unpaired) electrons. The van der Waals surface area contributed by atoms with Crippen molar-refractivity contribution in [2.45, 2.75) is 31.3 Å². The molecule has 0 spiro atoms.